The lowest BCUT2D eigenvalue weighted by Crippen LogP contribution is -2.19. The summed E-state index contributed by atoms with van der Waals surface area (Å²) in [7, 11) is 0. The molecule has 0 aliphatic rings. The fraction of sp³-hybridized carbons (Fsp3) is 0.111. The number of fused-ring (bicyclic) bond motifs is 1. The molecule has 3 aromatic carbocycles. The first kappa shape index (κ1) is 21.9. The van der Waals surface area contributed by atoms with Crippen LogP contribution in [0.4, 0.5) is 16.3 Å². The topological polar surface area (TPSA) is 79.0 Å². The van der Waals surface area contributed by atoms with E-state index < -0.39 is 0 Å². The molecule has 2 amide bonds. The average Bonchev–Trinajstić information content (AvgIpc) is 3.49. The Hall–Kier alpha value is -3.94. The number of aromatic nitrogens is 2. The SMILES string of the molecule is O=C(Nc1cccc(COCCc2ccccc2)c1)Nc1cc(-c2cc3ccccc3s2)[nH]n1. The van der Waals surface area contributed by atoms with Gasteiger partial charge in [-0.3, -0.25) is 10.4 Å². The highest BCUT2D eigenvalue weighted by atomic mass is 32.1. The number of carbonyl (C=O) groups excluding carboxylic acids is 1. The van der Waals surface area contributed by atoms with Crippen molar-refractivity contribution in [2.24, 2.45) is 0 Å². The number of carbonyl (C=O) groups is 1. The zero-order chi connectivity index (χ0) is 23.2. The van der Waals surface area contributed by atoms with Crippen LogP contribution in [0.25, 0.3) is 20.7 Å². The van der Waals surface area contributed by atoms with Crippen LogP contribution in [0, 0.1) is 0 Å². The van der Waals surface area contributed by atoms with Crippen LogP contribution in [-0.2, 0) is 17.8 Å². The van der Waals surface area contributed by atoms with E-state index in [4.69, 9.17) is 4.74 Å². The number of amides is 2. The predicted octanol–water partition coefficient (Wildman–Crippen LogP) is 6.69. The van der Waals surface area contributed by atoms with Gasteiger partial charge in [0.2, 0.25) is 0 Å². The number of thiophene rings is 1. The highest BCUT2D eigenvalue weighted by Gasteiger charge is 2.10. The minimum absolute atomic E-state index is 0.350. The number of nitrogens with one attached hydrogen (secondary N) is 3. The summed E-state index contributed by atoms with van der Waals surface area (Å²) >= 11 is 1.68. The van der Waals surface area contributed by atoms with E-state index in [1.807, 2.05) is 60.7 Å². The molecule has 0 atom stereocenters. The Kier molecular flexibility index (Phi) is 6.65. The predicted molar refractivity (Wildman–Crippen MR) is 138 cm³/mol. The minimum Gasteiger partial charge on any atom is -0.376 e. The summed E-state index contributed by atoms with van der Waals surface area (Å²) in [6.45, 7) is 1.13. The number of benzene rings is 3. The average molecular weight is 469 g/mol. The molecule has 0 aliphatic heterocycles. The zero-order valence-electron chi connectivity index (χ0n) is 18.5. The smallest absolute Gasteiger partial charge is 0.324 e. The maximum Gasteiger partial charge on any atom is 0.324 e. The second kappa shape index (κ2) is 10.3. The summed E-state index contributed by atoms with van der Waals surface area (Å²) in [6.07, 6.45) is 0.869. The quantitative estimate of drug-likeness (QED) is 0.222. The molecule has 6 nitrogen and oxygen atoms in total. The van der Waals surface area contributed by atoms with Crippen LogP contribution in [0.15, 0.2) is 91.0 Å². The first-order chi connectivity index (χ1) is 16.7. The highest BCUT2D eigenvalue weighted by Crippen LogP contribution is 2.33. The van der Waals surface area contributed by atoms with Gasteiger partial charge in [-0.05, 0) is 47.2 Å². The molecule has 2 heterocycles. The molecule has 3 N–H and O–H groups in total. The molecule has 5 aromatic rings. The van der Waals surface area contributed by atoms with Crippen LogP contribution in [-0.4, -0.2) is 22.8 Å². The van der Waals surface area contributed by atoms with Crippen molar-refractivity contribution in [1.82, 2.24) is 10.2 Å². The lowest BCUT2D eigenvalue weighted by atomic mass is 10.2. The van der Waals surface area contributed by atoms with Gasteiger partial charge in [-0.15, -0.1) is 11.3 Å². The van der Waals surface area contributed by atoms with Crippen LogP contribution in [0.1, 0.15) is 11.1 Å². The first-order valence-corrected chi connectivity index (χ1v) is 11.9. The van der Waals surface area contributed by atoms with Gasteiger partial charge < -0.3 is 10.1 Å². The van der Waals surface area contributed by atoms with Crippen molar-refractivity contribution >= 4 is 39.0 Å². The molecule has 7 heteroatoms. The minimum atomic E-state index is -0.350. The number of ether oxygens (including phenoxy) is 1. The van der Waals surface area contributed by atoms with Gasteiger partial charge in [0, 0.05) is 16.5 Å². The van der Waals surface area contributed by atoms with Crippen LogP contribution in [0.3, 0.4) is 0 Å². The summed E-state index contributed by atoms with van der Waals surface area (Å²) < 4.78 is 7.02. The Morgan fingerprint density at radius 2 is 1.71 bits per heavy atom. The van der Waals surface area contributed by atoms with Crippen LogP contribution in [0.2, 0.25) is 0 Å². The van der Waals surface area contributed by atoms with Crippen molar-refractivity contribution < 1.29 is 9.53 Å². The van der Waals surface area contributed by atoms with E-state index in [1.54, 1.807) is 11.3 Å². The Bertz CT molecular complexity index is 1360. The van der Waals surface area contributed by atoms with E-state index in [2.05, 4.69) is 51.2 Å². The fourth-order valence-electron chi connectivity index (χ4n) is 3.67. The molecule has 2 aromatic heterocycles. The van der Waals surface area contributed by atoms with Gasteiger partial charge >= 0.3 is 6.03 Å². The molecule has 0 bridgehead atoms. The lowest BCUT2D eigenvalue weighted by molar-refractivity contribution is 0.124. The number of H-pyrrole nitrogens is 1. The number of anilines is 2. The molecule has 0 unspecified atom stereocenters. The summed E-state index contributed by atoms with van der Waals surface area (Å²) in [5, 5.41) is 14.1. The second-order valence-electron chi connectivity index (χ2n) is 7.88. The summed E-state index contributed by atoms with van der Waals surface area (Å²) in [6, 6.07) is 29.7. The number of nitrogens with zero attached hydrogens (tertiary/aromatic N) is 1. The van der Waals surface area contributed by atoms with Gasteiger partial charge in [-0.25, -0.2) is 4.79 Å². The van der Waals surface area contributed by atoms with Crippen molar-refractivity contribution in [3.63, 3.8) is 0 Å². The van der Waals surface area contributed by atoms with E-state index in [-0.39, 0.29) is 6.03 Å². The second-order valence-corrected chi connectivity index (χ2v) is 8.97. The van der Waals surface area contributed by atoms with Crippen LogP contribution >= 0.6 is 11.3 Å². The summed E-state index contributed by atoms with van der Waals surface area (Å²) in [5.41, 5.74) is 3.81. The van der Waals surface area contributed by atoms with Crippen molar-refractivity contribution in [2.45, 2.75) is 13.0 Å². The normalized spacial score (nSPS) is 10.9. The molecule has 170 valence electrons. The van der Waals surface area contributed by atoms with Crippen molar-refractivity contribution in [1.29, 1.82) is 0 Å². The highest BCUT2D eigenvalue weighted by molar-refractivity contribution is 7.22. The Morgan fingerprint density at radius 3 is 2.59 bits per heavy atom. The summed E-state index contributed by atoms with van der Waals surface area (Å²) in [4.78, 5) is 13.6. The Labute approximate surface area is 201 Å². The lowest BCUT2D eigenvalue weighted by Gasteiger charge is -2.08. The third-order valence-corrected chi connectivity index (χ3v) is 6.49. The van der Waals surface area contributed by atoms with E-state index in [9.17, 15) is 4.79 Å². The van der Waals surface area contributed by atoms with Crippen molar-refractivity contribution in [2.75, 3.05) is 17.2 Å². The Morgan fingerprint density at radius 1 is 0.882 bits per heavy atom. The third-order valence-electron chi connectivity index (χ3n) is 5.34. The number of rotatable bonds is 8. The largest absolute Gasteiger partial charge is 0.376 e. The van der Waals surface area contributed by atoms with E-state index in [0.29, 0.717) is 24.7 Å². The molecule has 0 aliphatic carbocycles. The summed E-state index contributed by atoms with van der Waals surface area (Å²) in [5.74, 6) is 0.463. The molecular formula is C27H24N4O2S. The van der Waals surface area contributed by atoms with Gasteiger partial charge in [0.25, 0.3) is 0 Å². The fourth-order valence-corrected chi connectivity index (χ4v) is 4.70. The molecule has 5 rings (SSSR count). The number of aromatic amines is 1. The maximum atomic E-state index is 12.5. The van der Waals surface area contributed by atoms with Gasteiger partial charge in [-0.2, -0.15) is 5.10 Å². The Balaban J connectivity index is 1.13. The third kappa shape index (κ3) is 5.51. The number of hydrogen-bond donors (Lipinski definition) is 3. The van der Waals surface area contributed by atoms with E-state index in [1.165, 1.54) is 15.6 Å². The van der Waals surface area contributed by atoms with Gasteiger partial charge in [0.05, 0.1) is 23.8 Å². The molecule has 0 saturated heterocycles. The van der Waals surface area contributed by atoms with Gasteiger partial charge in [-0.1, -0.05) is 60.7 Å². The molecule has 34 heavy (non-hydrogen) atoms. The zero-order valence-corrected chi connectivity index (χ0v) is 19.3. The van der Waals surface area contributed by atoms with Crippen LogP contribution < -0.4 is 10.6 Å². The standard InChI is InChI=1S/C27H24N4O2S/c32-27(29-26-17-23(30-31-26)25-16-21-10-4-5-12-24(21)34-25)28-22-11-6-9-20(15-22)18-33-14-13-19-7-2-1-3-8-19/h1-12,15-17H,13-14,18H2,(H3,28,29,30,31,32). The maximum absolute atomic E-state index is 12.5. The number of hydrogen-bond acceptors (Lipinski definition) is 4. The number of urea groups is 1. The van der Waals surface area contributed by atoms with Crippen molar-refractivity contribution in [3.8, 4) is 10.6 Å². The van der Waals surface area contributed by atoms with Gasteiger partial charge in [0.1, 0.15) is 0 Å². The molecule has 0 saturated carbocycles. The van der Waals surface area contributed by atoms with E-state index >= 15 is 0 Å². The monoisotopic (exact) mass is 468 g/mol. The molecule has 0 radical (unpaired) electrons. The van der Waals surface area contributed by atoms with Gasteiger partial charge in [0.15, 0.2) is 5.82 Å². The first-order valence-electron chi connectivity index (χ1n) is 11.1. The molecule has 0 fully saturated rings. The molecular weight excluding hydrogens is 444 g/mol. The van der Waals surface area contributed by atoms with Crippen molar-refractivity contribution in [3.05, 3.63) is 102 Å². The van der Waals surface area contributed by atoms with E-state index in [0.717, 1.165) is 22.6 Å². The molecule has 0 spiro atoms. The van der Waals surface area contributed by atoms with Crippen LogP contribution in [0.5, 0.6) is 0 Å².